The first-order valence-corrected chi connectivity index (χ1v) is 6.83. The van der Waals surface area contributed by atoms with Crippen molar-refractivity contribution in [3.63, 3.8) is 0 Å². The van der Waals surface area contributed by atoms with Gasteiger partial charge in [-0.2, -0.15) is 4.39 Å². The van der Waals surface area contributed by atoms with Crippen LogP contribution in [-0.2, 0) is 4.74 Å². The number of nitro groups is 1. The lowest BCUT2D eigenvalue weighted by Gasteiger charge is -2.20. The molecular weight excluding hydrogens is 295 g/mol. The third kappa shape index (κ3) is 3.33. The van der Waals surface area contributed by atoms with Crippen molar-refractivity contribution in [2.45, 2.75) is 18.9 Å². The molecule has 0 aromatic heterocycles. The van der Waals surface area contributed by atoms with Gasteiger partial charge in [-0.1, -0.05) is 0 Å². The molecule has 0 spiro atoms. The number of nitro benzene ring substituents is 1. The van der Waals surface area contributed by atoms with E-state index in [1.807, 2.05) is 7.05 Å². The number of likely N-dealkylation sites (tertiary alicyclic amines) is 1. The number of hydrogen-bond acceptors (Lipinski definition) is 6. The number of carbonyl (C=O) groups excluding carboxylic acids is 1. The molecule has 0 aliphatic carbocycles. The average molecular weight is 312 g/mol. The van der Waals surface area contributed by atoms with Gasteiger partial charge < -0.3 is 14.4 Å². The van der Waals surface area contributed by atoms with E-state index in [2.05, 4.69) is 9.64 Å². The second-order valence-corrected chi connectivity index (χ2v) is 5.14. The van der Waals surface area contributed by atoms with Crippen molar-refractivity contribution in [1.29, 1.82) is 0 Å². The monoisotopic (exact) mass is 312 g/mol. The molecule has 7 nitrogen and oxygen atoms in total. The van der Waals surface area contributed by atoms with Crippen molar-refractivity contribution in [3.05, 3.63) is 33.6 Å². The Kier molecular flexibility index (Phi) is 4.92. The van der Waals surface area contributed by atoms with Gasteiger partial charge in [0.2, 0.25) is 5.82 Å². The number of halogens is 1. The third-order valence-corrected chi connectivity index (χ3v) is 3.75. The Bertz CT molecular complexity index is 593. The van der Waals surface area contributed by atoms with Crippen molar-refractivity contribution >= 4 is 11.7 Å². The molecule has 1 aliphatic heterocycles. The van der Waals surface area contributed by atoms with Crippen LogP contribution in [0.2, 0.25) is 0 Å². The molecule has 0 amide bonds. The summed E-state index contributed by atoms with van der Waals surface area (Å²) in [5.41, 5.74) is -0.943. The van der Waals surface area contributed by atoms with Gasteiger partial charge >= 0.3 is 11.7 Å². The van der Waals surface area contributed by atoms with Crippen LogP contribution in [-0.4, -0.2) is 49.1 Å². The number of carbonyl (C=O) groups is 1. The Morgan fingerprint density at radius 3 is 2.82 bits per heavy atom. The summed E-state index contributed by atoms with van der Waals surface area (Å²) in [5, 5.41) is 10.8. The van der Waals surface area contributed by atoms with Crippen LogP contribution in [0.3, 0.4) is 0 Å². The summed E-state index contributed by atoms with van der Waals surface area (Å²) < 4.78 is 23.8. The lowest BCUT2D eigenvalue weighted by molar-refractivity contribution is -0.387. The van der Waals surface area contributed by atoms with Gasteiger partial charge in [0, 0.05) is 18.2 Å². The van der Waals surface area contributed by atoms with Crippen LogP contribution in [0.15, 0.2) is 12.1 Å². The second-order valence-electron chi connectivity index (χ2n) is 5.14. The highest BCUT2D eigenvalue weighted by molar-refractivity contribution is 5.93. The fourth-order valence-electron chi connectivity index (χ4n) is 2.45. The molecule has 1 atom stereocenters. The zero-order valence-corrected chi connectivity index (χ0v) is 12.4. The van der Waals surface area contributed by atoms with E-state index in [0.717, 1.165) is 38.6 Å². The molecule has 2 rings (SSSR count). The molecule has 22 heavy (non-hydrogen) atoms. The summed E-state index contributed by atoms with van der Waals surface area (Å²) in [6.45, 7) is 1.23. The minimum Gasteiger partial charge on any atom is -0.491 e. The average Bonchev–Trinajstić information content (AvgIpc) is 2.89. The van der Waals surface area contributed by atoms with Gasteiger partial charge in [0.1, 0.15) is 17.9 Å². The summed E-state index contributed by atoms with van der Waals surface area (Å²) in [4.78, 5) is 23.7. The zero-order chi connectivity index (χ0) is 16.3. The summed E-state index contributed by atoms with van der Waals surface area (Å²) in [5.74, 6) is -1.90. The van der Waals surface area contributed by atoms with E-state index in [9.17, 15) is 19.3 Å². The lowest BCUT2D eigenvalue weighted by atomic mass is 10.1. The smallest absolute Gasteiger partial charge is 0.341 e. The maximum atomic E-state index is 13.7. The zero-order valence-electron chi connectivity index (χ0n) is 12.4. The first-order chi connectivity index (χ1) is 10.4. The maximum absolute atomic E-state index is 13.7. The highest BCUT2D eigenvalue weighted by Crippen LogP contribution is 2.29. The molecule has 0 unspecified atom stereocenters. The minimum absolute atomic E-state index is 0.0461. The van der Waals surface area contributed by atoms with Crippen molar-refractivity contribution in [1.82, 2.24) is 4.90 Å². The van der Waals surface area contributed by atoms with Crippen LogP contribution in [0.1, 0.15) is 23.2 Å². The van der Waals surface area contributed by atoms with Gasteiger partial charge in [0.15, 0.2) is 0 Å². The largest absolute Gasteiger partial charge is 0.491 e. The lowest BCUT2D eigenvalue weighted by Crippen LogP contribution is -2.30. The number of nitrogens with zero attached hydrogens (tertiary/aromatic N) is 2. The van der Waals surface area contributed by atoms with Crippen LogP contribution in [0.5, 0.6) is 5.75 Å². The SMILES string of the molecule is COC(=O)c1cc([N+](=O)[O-])c(F)cc1OC[C@@H]1CCCN1C. The molecule has 0 bridgehead atoms. The number of likely N-dealkylation sites (N-methyl/N-ethyl adjacent to an activating group) is 1. The highest BCUT2D eigenvalue weighted by atomic mass is 19.1. The summed E-state index contributed by atoms with van der Waals surface area (Å²) in [6.07, 6.45) is 1.99. The quantitative estimate of drug-likeness (QED) is 0.470. The summed E-state index contributed by atoms with van der Waals surface area (Å²) in [6, 6.07) is 1.87. The molecule has 1 saturated heterocycles. The van der Waals surface area contributed by atoms with E-state index in [1.54, 1.807) is 0 Å². The molecule has 0 radical (unpaired) electrons. The number of ether oxygens (including phenoxy) is 2. The van der Waals surface area contributed by atoms with Gasteiger partial charge in [-0.15, -0.1) is 0 Å². The molecule has 8 heteroatoms. The molecule has 0 saturated carbocycles. The van der Waals surface area contributed by atoms with Crippen molar-refractivity contribution in [2.24, 2.45) is 0 Å². The van der Waals surface area contributed by atoms with Gasteiger partial charge in [0.25, 0.3) is 0 Å². The molecule has 1 heterocycles. The number of rotatable bonds is 5. The molecule has 1 fully saturated rings. The summed E-state index contributed by atoms with van der Waals surface area (Å²) in [7, 11) is 3.10. The van der Waals surface area contributed by atoms with Crippen molar-refractivity contribution in [3.8, 4) is 5.75 Å². The van der Waals surface area contributed by atoms with Gasteiger partial charge in [-0.05, 0) is 26.4 Å². The number of benzene rings is 1. The highest BCUT2D eigenvalue weighted by Gasteiger charge is 2.26. The second kappa shape index (κ2) is 6.69. The third-order valence-electron chi connectivity index (χ3n) is 3.75. The molecule has 1 aromatic rings. The van der Waals surface area contributed by atoms with E-state index in [4.69, 9.17) is 4.74 Å². The van der Waals surface area contributed by atoms with E-state index in [1.165, 1.54) is 0 Å². The number of hydrogen-bond donors (Lipinski definition) is 0. The van der Waals surface area contributed by atoms with Gasteiger partial charge in [0.05, 0.1) is 12.0 Å². The van der Waals surface area contributed by atoms with Gasteiger partial charge in [-0.3, -0.25) is 10.1 Å². The van der Waals surface area contributed by atoms with Crippen LogP contribution < -0.4 is 4.74 Å². The standard InChI is InChI=1S/C14H17FN2O5/c1-16-5-3-4-9(16)8-22-13-7-11(15)12(17(19)20)6-10(13)14(18)21-2/h6-7,9H,3-5,8H2,1-2H3/t9-/m0/s1. The Hall–Kier alpha value is -2.22. The van der Waals surface area contributed by atoms with Gasteiger partial charge in [-0.25, -0.2) is 4.79 Å². The molecular formula is C14H17FN2O5. The maximum Gasteiger partial charge on any atom is 0.341 e. The number of methoxy groups -OCH3 is 1. The Balaban J connectivity index is 2.26. The van der Waals surface area contributed by atoms with Crippen LogP contribution in [0, 0.1) is 15.9 Å². The predicted molar refractivity (Wildman–Crippen MR) is 75.5 cm³/mol. The van der Waals surface area contributed by atoms with Crippen LogP contribution in [0.4, 0.5) is 10.1 Å². The number of esters is 1. The van der Waals surface area contributed by atoms with E-state index >= 15 is 0 Å². The van der Waals surface area contributed by atoms with Crippen molar-refractivity contribution < 1.29 is 23.6 Å². The van der Waals surface area contributed by atoms with Crippen molar-refractivity contribution in [2.75, 3.05) is 27.3 Å². The van der Waals surface area contributed by atoms with E-state index < -0.39 is 22.4 Å². The normalized spacial score (nSPS) is 18.2. The molecule has 1 aromatic carbocycles. The first kappa shape index (κ1) is 16.2. The van der Waals surface area contributed by atoms with Crippen LogP contribution in [0.25, 0.3) is 0 Å². The Labute approximate surface area is 126 Å². The topological polar surface area (TPSA) is 81.9 Å². The Morgan fingerprint density at radius 1 is 1.55 bits per heavy atom. The van der Waals surface area contributed by atoms with E-state index in [0.29, 0.717) is 0 Å². The fraction of sp³-hybridized carbons (Fsp3) is 0.500. The first-order valence-electron chi connectivity index (χ1n) is 6.83. The van der Waals surface area contributed by atoms with Crippen LogP contribution >= 0.6 is 0 Å². The molecule has 120 valence electrons. The molecule has 0 N–H and O–H groups in total. The Morgan fingerprint density at radius 2 is 2.27 bits per heavy atom. The minimum atomic E-state index is -1.05. The molecule has 1 aliphatic rings. The van der Waals surface area contributed by atoms with E-state index in [-0.39, 0.29) is 24.0 Å². The fourth-order valence-corrected chi connectivity index (χ4v) is 2.45. The predicted octanol–water partition coefficient (Wildman–Crippen LogP) is 1.99. The summed E-state index contributed by atoms with van der Waals surface area (Å²) >= 11 is 0.